The largest absolute Gasteiger partial charge is 0.323 e. The number of nitrogens with one attached hydrogen (secondary N) is 1. The number of amides is 2. The van der Waals surface area contributed by atoms with E-state index < -0.39 is 11.7 Å². The van der Waals surface area contributed by atoms with E-state index in [9.17, 15) is 14.0 Å². The SMILES string of the molecule is CC(C)(C)c1ccc(N2CC(C(=O)Nc3ccccc3F)CC2=O)cc1. The van der Waals surface area contributed by atoms with Crippen molar-refractivity contribution in [2.75, 3.05) is 16.8 Å². The van der Waals surface area contributed by atoms with Crippen LogP contribution in [-0.4, -0.2) is 18.4 Å². The lowest BCUT2D eigenvalue weighted by Gasteiger charge is -2.21. The minimum absolute atomic E-state index is 0.0374. The third-order valence-electron chi connectivity index (χ3n) is 4.67. The summed E-state index contributed by atoms with van der Waals surface area (Å²) >= 11 is 0. The number of para-hydroxylation sites is 1. The van der Waals surface area contributed by atoms with Gasteiger partial charge < -0.3 is 10.2 Å². The number of benzene rings is 2. The zero-order valence-corrected chi connectivity index (χ0v) is 15.3. The molecule has 1 fully saturated rings. The Morgan fingerprint density at radius 1 is 1.12 bits per heavy atom. The smallest absolute Gasteiger partial charge is 0.229 e. The second-order valence-corrected chi connectivity index (χ2v) is 7.67. The third kappa shape index (κ3) is 3.77. The van der Waals surface area contributed by atoms with Gasteiger partial charge >= 0.3 is 0 Å². The number of nitrogens with zero attached hydrogens (tertiary/aromatic N) is 1. The molecule has 0 aromatic heterocycles. The Labute approximate surface area is 153 Å². The van der Waals surface area contributed by atoms with E-state index >= 15 is 0 Å². The molecule has 26 heavy (non-hydrogen) atoms. The molecule has 0 radical (unpaired) electrons. The quantitative estimate of drug-likeness (QED) is 0.902. The Bertz CT molecular complexity index is 825. The minimum atomic E-state index is -0.496. The fourth-order valence-corrected chi connectivity index (χ4v) is 3.07. The first-order valence-corrected chi connectivity index (χ1v) is 8.72. The van der Waals surface area contributed by atoms with Gasteiger partial charge in [0, 0.05) is 18.7 Å². The van der Waals surface area contributed by atoms with Crippen LogP contribution < -0.4 is 10.2 Å². The zero-order valence-electron chi connectivity index (χ0n) is 15.3. The van der Waals surface area contributed by atoms with E-state index in [-0.39, 0.29) is 29.3 Å². The standard InChI is InChI=1S/C21H23FN2O2/c1-21(2,3)15-8-10-16(11-9-15)24-13-14(12-19(24)25)20(26)23-18-7-5-4-6-17(18)22/h4-11,14H,12-13H2,1-3H3,(H,23,26). The van der Waals surface area contributed by atoms with Gasteiger partial charge in [0.2, 0.25) is 11.8 Å². The van der Waals surface area contributed by atoms with Crippen LogP contribution in [0.1, 0.15) is 32.8 Å². The Morgan fingerprint density at radius 3 is 2.38 bits per heavy atom. The monoisotopic (exact) mass is 354 g/mol. The summed E-state index contributed by atoms with van der Waals surface area (Å²) in [5, 5.41) is 2.58. The van der Waals surface area contributed by atoms with Crippen LogP contribution in [0.15, 0.2) is 48.5 Å². The Balaban J connectivity index is 1.70. The molecule has 1 N–H and O–H groups in total. The van der Waals surface area contributed by atoms with Crippen molar-refractivity contribution in [1.82, 2.24) is 0 Å². The van der Waals surface area contributed by atoms with E-state index in [0.29, 0.717) is 6.54 Å². The van der Waals surface area contributed by atoms with Gasteiger partial charge in [0.25, 0.3) is 0 Å². The first-order chi connectivity index (χ1) is 12.3. The molecule has 2 aromatic rings. The fourth-order valence-electron chi connectivity index (χ4n) is 3.07. The molecule has 1 aliphatic heterocycles. The van der Waals surface area contributed by atoms with Gasteiger partial charge in [0.15, 0.2) is 0 Å². The van der Waals surface area contributed by atoms with Crippen molar-refractivity contribution in [3.63, 3.8) is 0 Å². The maximum atomic E-state index is 13.7. The van der Waals surface area contributed by atoms with Gasteiger partial charge in [-0.15, -0.1) is 0 Å². The topological polar surface area (TPSA) is 49.4 Å². The van der Waals surface area contributed by atoms with Crippen molar-refractivity contribution in [3.8, 4) is 0 Å². The van der Waals surface area contributed by atoms with Gasteiger partial charge in [0.05, 0.1) is 11.6 Å². The summed E-state index contributed by atoms with van der Waals surface area (Å²) in [4.78, 5) is 26.4. The molecule has 3 rings (SSSR count). The molecule has 1 unspecified atom stereocenters. The van der Waals surface area contributed by atoms with Crippen molar-refractivity contribution in [3.05, 3.63) is 59.9 Å². The molecular weight excluding hydrogens is 331 g/mol. The second kappa shape index (κ2) is 6.90. The normalized spacial score (nSPS) is 17.5. The highest BCUT2D eigenvalue weighted by Gasteiger charge is 2.35. The van der Waals surface area contributed by atoms with Gasteiger partial charge in [-0.3, -0.25) is 9.59 Å². The Hall–Kier alpha value is -2.69. The molecule has 1 atom stereocenters. The van der Waals surface area contributed by atoms with Crippen molar-refractivity contribution in [2.45, 2.75) is 32.6 Å². The molecule has 1 aliphatic rings. The lowest BCUT2D eigenvalue weighted by Crippen LogP contribution is -2.28. The maximum Gasteiger partial charge on any atom is 0.229 e. The molecule has 0 saturated carbocycles. The molecule has 1 saturated heterocycles. The zero-order chi connectivity index (χ0) is 18.9. The molecule has 4 nitrogen and oxygen atoms in total. The summed E-state index contributed by atoms with van der Waals surface area (Å²) in [6.45, 7) is 6.69. The molecule has 0 spiro atoms. The first kappa shape index (κ1) is 18.1. The Kier molecular flexibility index (Phi) is 4.81. The summed E-state index contributed by atoms with van der Waals surface area (Å²) in [5.41, 5.74) is 2.14. The van der Waals surface area contributed by atoms with Crippen LogP contribution in [0, 0.1) is 11.7 Å². The lowest BCUT2D eigenvalue weighted by atomic mass is 9.87. The van der Waals surface area contributed by atoms with Crippen molar-refractivity contribution in [1.29, 1.82) is 0 Å². The van der Waals surface area contributed by atoms with E-state index in [1.807, 2.05) is 24.3 Å². The summed E-state index contributed by atoms with van der Waals surface area (Å²) in [7, 11) is 0. The molecule has 2 amide bonds. The predicted molar refractivity (Wildman–Crippen MR) is 101 cm³/mol. The van der Waals surface area contributed by atoms with Gasteiger partial charge in [-0.1, -0.05) is 45.0 Å². The number of hydrogen-bond acceptors (Lipinski definition) is 2. The number of carbonyl (C=O) groups is 2. The molecular formula is C21H23FN2O2. The number of rotatable bonds is 3. The van der Waals surface area contributed by atoms with Crippen LogP contribution in [0.4, 0.5) is 15.8 Å². The maximum absolute atomic E-state index is 13.7. The molecule has 5 heteroatoms. The summed E-state index contributed by atoms with van der Waals surface area (Å²) in [5.74, 6) is -1.41. The van der Waals surface area contributed by atoms with Crippen LogP contribution >= 0.6 is 0 Å². The number of halogens is 1. The third-order valence-corrected chi connectivity index (χ3v) is 4.67. The molecule has 0 bridgehead atoms. The van der Waals surface area contributed by atoms with Crippen LogP contribution in [0.25, 0.3) is 0 Å². The highest BCUT2D eigenvalue weighted by Crippen LogP contribution is 2.29. The second-order valence-electron chi connectivity index (χ2n) is 7.67. The fraction of sp³-hybridized carbons (Fsp3) is 0.333. The molecule has 0 aliphatic carbocycles. The van der Waals surface area contributed by atoms with Crippen molar-refractivity contribution < 1.29 is 14.0 Å². The first-order valence-electron chi connectivity index (χ1n) is 8.72. The number of anilines is 2. The van der Waals surface area contributed by atoms with E-state index in [4.69, 9.17) is 0 Å². The number of hydrogen-bond donors (Lipinski definition) is 1. The van der Waals surface area contributed by atoms with E-state index in [0.717, 1.165) is 5.69 Å². The highest BCUT2D eigenvalue weighted by molar-refractivity contribution is 6.03. The van der Waals surface area contributed by atoms with E-state index in [1.165, 1.54) is 17.7 Å². The van der Waals surface area contributed by atoms with E-state index in [1.54, 1.807) is 17.0 Å². The summed E-state index contributed by atoms with van der Waals surface area (Å²) in [6, 6.07) is 13.9. The summed E-state index contributed by atoms with van der Waals surface area (Å²) in [6.07, 6.45) is 0.126. The van der Waals surface area contributed by atoms with E-state index in [2.05, 4.69) is 26.1 Å². The summed E-state index contributed by atoms with van der Waals surface area (Å²) < 4.78 is 13.7. The van der Waals surface area contributed by atoms with Crippen molar-refractivity contribution in [2.24, 2.45) is 5.92 Å². The predicted octanol–water partition coefficient (Wildman–Crippen LogP) is 4.11. The molecule has 136 valence electrons. The lowest BCUT2D eigenvalue weighted by molar-refractivity contribution is -0.122. The minimum Gasteiger partial charge on any atom is -0.323 e. The van der Waals surface area contributed by atoms with Gasteiger partial charge in [-0.2, -0.15) is 0 Å². The number of carbonyl (C=O) groups excluding carboxylic acids is 2. The average molecular weight is 354 g/mol. The van der Waals surface area contributed by atoms with Crippen molar-refractivity contribution >= 4 is 23.2 Å². The highest BCUT2D eigenvalue weighted by atomic mass is 19.1. The van der Waals surface area contributed by atoms with Crippen LogP contribution in [0.5, 0.6) is 0 Å². The molecule has 1 heterocycles. The van der Waals surface area contributed by atoms with Gasteiger partial charge in [0.1, 0.15) is 5.82 Å². The van der Waals surface area contributed by atoms with Gasteiger partial charge in [-0.25, -0.2) is 4.39 Å². The molecule has 2 aromatic carbocycles. The van der Waals surface area contributed by atoms with Crippen LogP contribution in [-0.2, 0) is 15.0 Å². The Morgan fingerprint density at radius 2 is 1.77 bits per heavy atom. The average Bonchev–Trinajstić information content (AvgIpc) is 2.98. The van der Waals surface area contributed by atoms with Crippen LogP contribution in [0.2, 0.25) is 0 Å². The van der Waals surface area contributed by atoms with Gasteiger partial charge in [-0.05, 0) is 35.2 Å². The van der Waals surface area contributed by atoms with Crippen LogP contribution in [0.3, 0.4) is 0 Å².